The lowest BCUT2D eigenvalue weighted by Crippen LogP contribution is -2.23. The Balaban J connectivity index is 2.31. The van der Waals surface area contributed by atoms with Crippen LogP contribution in [0.25, 0.3) is 0 Å². The molecule has 0 aromatic carbocycles. The smallest absolute Gasteiger partial charge is 0.267 e. The molecule has 0 fully saturated rings. The molecule has 0 amide bonds. The van der Waals surface area contributed by atoms with Crippen molar-refractivity contribution in [3.63, 3.8) is 0 Å². The molecular formula is C9H10N4OS. The van der Waals surface area contributed by atoms with Gasteiger partial charge in [0.05, 0.1) is 6.54 Å². The van der Waals surface area contributed by atoms with Gasteiger partial charge in [0, 0.05) is 17.1 Å². The van der Waals surface area contributed by atoms with E-state index in [2.05, 4.69) is 10.1 Å². The maximum Gasteiger partial charge on any atom is 0.267 e. The molecule has 0 aliphatic rings. The van der Waals surface area contributed by atoms with Crippen molar-refractivity contribution in [2.75, 3.05) is 5.73 Å². The highest BCUT2D eigenvalue weighted by Crippen LogP contribution is 2.09. The number of nitrogens with two attached hydrogens (primary N) is 1. The molecule has 0 atom stereocenters. The van der Waals surface area contributed by atoms with Gasteiger partial charge in [0.1, 0.15) is 10.8 Å². The van der Waals surface area contributed by atoms with Crippen molar-refractivity contribution in [1.29, 1.82) is 0 Å². The third-order valence-electron chi connectivity index (χ3n) is 1.84. The normalized spacial score (nSPS) is 10.5. The van der Waals surface area contributed by atoms with Crippen molar-refractivity contribution in [3.8, 4) is 0 Å². The molecule has 0 unspecified atom stereocenters. The Labute approximate surface area is 90.2 Å². The van der Waals surface area contributed by atoms with Gasteiger partial charge in [0.15, 0.2) is 0 Å². The maximum absolute atomic E-state index is 11.4. The zero-order chi connectivity index (χ0) is 10.8. The highest BCUT2D eigenvalue weighted by atomic mass is 32.1. The number of nitrogens with zero attached hydrogens (tertiary/aromatic N) is 3. The van der Waals surface area contributed by atoms with E-state index in [9.17, 15) is 4.79 Å². The van der Waals surface area contributed by atoms with Gasteiger partial charge in [-0.15, -0.1) is 11.3 Å². The van der Waals surface area contributed by atoms with Gasteiger partial charge in [-0.05, 0) is 13.0 Å². The van der Waals surface area contributed by atoms with Crippen molar-refractivity contribution >= 4 is 17.2 Å². The molecule has 0 aliphatic heterocycles. The number of hydrogen-bond donors (Lipinski definition) is 1. The van der Waals surface area contributed by atoms with Crippen LogP contribution in [0.4, 0.5) is 5.82 Å². The van der Waals surface area contributed by atoms with Gasteiger partial charge < -0.3 is 5.73 Å². The van der Waals surface area contributed by atoms with Crippen LogP contribution in [0.3, 0.4) is 0 Å². The molecule has 78 valence electrons. The third-order valence-corrected chi connectivity index (χ3v) is 2.79. The van der Waals surface area contributed by atoms with Gasteiger partial charge in [0.25, 0.3) is 5.56 Å². The summed E-state index contributed by atoms with van der Waals surface area (Å²) in [5.41, 5.74) is 6.28. The van der Waals surface area contributed by atoms with Crippen molar-refractivity contribution in [3.05, 3.63) is 38.6 Å². The van der Waals surface area contributed by atoms with Crippen LogP contribution < -0.4 is 11.3 Å². The van der Waals surface area contributed by atoms with Gasteiger partial charge in [-0.1, -0.05) is 0 Å². The van der Waals surface area contributed by atoms with Crippen LogP contribution >= 0.6 is 11.3 Å². The number of rotatable bonds is 2. The summed E-state index contributed by atoms with van der Waals surface area (Å²) < 4.78 is 1.31. The molecule has 0 radical (unpaired) electrons. The first-order valence-corrected chi connectivity index (χ1v) is 5.28. The molecule has 6 heteroatoms. The SMILES string of the molecule is Cc1csc(Cn2nc(N)ccc2=O)n1. The first kappa shape index (κ1) is 9.85. The molecule has 2 aromatic rings. The van der Waals surface area contributed by atoms with Crippen LogP contribution in [0, 0.1) is 6.92 Å². The summed E-state index contributed by atoms with van der Waals surface area (Å²) >= 11 is 1.51. The first-order valence-electron chi connectivity index (χ1n) is 4.40. The fraction of sp³-hybridized carbons (Fsp3) is 0.222. The lowest BCUT2D eigenvalue weighted by atomic mass is 10.5. The van der Waals surface area contributed by atoms with Crippen LogP contribution in [0.2, 0.25) is 0 Å². The minimum absolute atomic E-state index is 0.169. The second-order valence-corrected chi connectivity index (χ2v) is 4.08. The zero-order valence-electron chi connectivity index (χ0n) is 8.17. The lowest BCUT2D eigenvalue weighted by Gasteiger charge is -2.01. The van der Waals surface area contributed by atoms with Gasteiger partial charge in [0.2, 0.25) is 0 Å². The lowest BCUT2D eigenvalue weighted by molar-refractivity contribution is 0.640. The Morgan fingerprint density at radius 2 is 2.33 bits per heavy atom. The topological polar surface area (TPSA) is 73.8 Å². The van der Waals surface area contributed by atoms with E-state index in [4.69, 9.17) is 5.73 Å². The molecule has 15 heavy (non-hydrogen) atoms. The van der Waals surface area contributed by atoms with E-state index in [-0.39, 0.29) is 5.56 Å². The molecule has 0 bridgehead atoms. The summed E-state index contributed by atoms with van der Waals surface area (Å²) in [7, 11) is 0. The van der Waals surface area contributed by atoms with Crippen LogP contribution in [-0.4, -0.2) is 14.8 Å². The highest BCUT2D eigenvalue weighted by molar-refractivity contribution is 7.09. The minimum Gasteiger partial charge on any atom is -0.382 e. The molecule has 0 saturated heterocycles. The molecule has 2 N–H and O–H groups in total. The average Bonchev–Trinajstić information content (AvgIpc) is 2.58. The van der Waals surface area contributed by atoms with Crippen LogP contribution in [-0.2, 0) is 6.54 Å². The summed E-state index contributed by atoms with van der Waals surface area (Å²) in [6.07, 6.45) is 0. The quantitative estimate of drug-likeness (QED) is 0.809. The monoisotopic (exact) mass is 222 g/mol. The summed E-state index contributed by atoms with van der Waals surface area (Å²) in [5.74, 6) is 0.336. The second-order valence-electron chi connectivity index (χ2n) is 3.14. The summed E-state index contributed by atoms with van der Waals surface area (Å²) in [6.45, 7) is 2.29. The van der Waals surface area contributed by atoms with E-state index in [0.29, 0.717) is 12.4 Å². The molecule has 2 rings (SSSR count). The maximum atomic E-state index is 11.4. The number of aromatic nitrogens is 3. The van der Waals surface area contributed by atoms with Gasteiger partial charge in [-0.3, -0.25) is 4.79 Å². The molecule has 0 spiro atoms. The molecular weight excluding hydrogens is 212 g/mol. The van der Waals surface area contributed by atoms with Crippen molar-refractivity contribution in [1.82, 2.24) is 14.8 Å². The molecule has 5 nitrogen and oxygen atoms in total. The summed E-state index contributed by atoms with van der Waals surface area (Å²) in [5, 5.41) is 6.72. The summed E-state index contributed by atoms with van der Waals surface area (Å²) in [6, 6.07) is 2.90. The Morgan fingerprint density at radius 3 is 3.00 bits per heavy atom. The number of hydrogen-bond acceptors (Lipinski definition) is 5. The van der Waals surface area contributed by atoms with Gasteiger partial charge >= 0.3 is 0 Å². The average molecular weight is 222 g/mol. The molecule has 2 heterocycles. The number of aryl methyl sites for hydroxylation is 1. The van der Waals surface area contributed by atoms with Gasteiger partial charge in [-0.2, -0.15) is 5.10 Å². The Kier molecular flexibility index (Phi) is 2.51. The molecule has 2 aromatic heterocycles. The second kappa shape index (κ2) is 3.82. The Morgan fingerprint density at radius 1 is 1.53 bits per heavy atom. The number of thiazole rings is 1. The van der Waals surface area contributed by atoms with E-state index < -0.39 is 0 Å². The minimum atomic E-state index is -0.169. The van der Waals surface area contributed by atoms with Crippen molar-refractivity contribution in [2.24, 2.45) is 0 Å². The van der Waals surface area contributed by atoms with E-state index in [1.54, 1.807) is 0 Å². The largest absolute Gasteiger partial charge is 0.382 e. The fourth-order valence-corrected chi connectivity index (χ4v) is 1.93. The van der Waals surface area contributed by atoms with Crippen LogP contribution in [0.1, 0.15) is 10.7 Å². The Hall–Kier alpha value is -1.69. The third kappa shape index (κ3) is 2.21. The highest BCUT2D eigenvalue weighted by Gasteiger charge is 2.03. The predicted octanol–water partition coefficient (Wildman–Crippen LogP) is 0.639. The van der Waals surface area contributed by atoms with Gasteiger partial charge in [-0.25, -0.2) is 9.67 Å². The predicted molar refractivity (Wildman–Crippen MR) is 58.9 cm³/mol. The fourth-order valence-electron chi connectivity index (χ4n) is 1.18. The molecule has 0 aliphatic carbocycles. The number of nitrogen functional groups attached to an aromatic ring is 1. The van der Waals surface area contributed by atoms with E-state index in [1.165, 1.54) is 28.2 Å². The molecule has 0 saturated carbocycles. The van der Waals surface area contributed by atoms with Crippen LogP contribution in [0.5, 0.6) is 0 Å². The first-order chi connectivity index (χ1) is 7.15. The van der Waals surface area contributed by atoms with E-state index in [1.807, 2.05) is 12.3 Å². The standard InChI is InChI=1S/C9H10N4OS/c1-6-5-15-8(11-6)4-13-9(14)3-2-7(10)12-13/h2-3,5H,4H2,1H3,(H2,10,12). The van der Waals surface area contributed by atoms with E-state index >= 15 is 0 Å². The zero-order valence-corrected chi connectivity index (χ0v) is 8.99. The summed E-state index contributed by atoms with van der Waals surface area (Å²) in [4.78, 5) is 15.7. The van der Waals surface area contributed by atoms with Crippen LogP contribution in [0.15, 0.2) is 22.3 Å². The van der Waals surface area contributed by atoms with Crippen molar-refractivity contribution in [2.45, 2.75) is 13.5 Å². The number of anilines is 1. The Bertz CT molecular complexity index is 531. The van der Waals surface area contributed by atoms with Crippen molar-refractivity contribution < 1.29 is 0 Å². The van der Waals surface area contributed by atoms with E-state index in [0.717, 1.165) is 10.7 Å².